The number of nitrogens with zero attached hydrogens (tertiary/aromatic N) is 3. The van der Waals surface area contributed by atoms with Crippen molar-refractivity contribution in [2.45, 2.75) is 128 Å². The van der Waals surface area contributed by atoms with E-state index in [1.165, 1.54) is 0 Å². The number of hydrogen-bond acceptors (Lipinski definition) is 12. The minimum Gasteiger partial charge on any atom is -0.497 e. The zero-order chi connectivity index (χ0) is 45.7. The van der Waals surface area contributed by atoms with Crippen molar-refractivity contribution in [2.75, 3.05) is 51.5 Å². The lowest BCUT2D eigenvalue weighted by molar-refractivity contribution is -0.140. The van der Waals surface area contributed by atoms with Crippen LogP contribution in [0.4, 0.5) is 10.6 Å². The highest BCUT2D eigenvalue weighted by molar-refractivity contribution is 7.91. The molecule has 6 aliphatic rings. The van der Waals surface area contributed by atoms with Crippen molar-refractivity contribution in [1.82, 2.24) is 19.9 Å². The molecule has 6 atom stereocenters. The molecule has 2 aromatic rings. The summed E-state index contributed by atoms with van der Waals surface area (Å²) in [4.78, 5) is 60.9. The number of primary amides is 1. The van der Waals surface area contributed by atoms with Gasteiger partial charge in [-0.05, 0) is 99.8 Å². The summed E-state index contributed by atoms with van der Waals surface area (Å²) in [6, 6.07) is 6.75. The van der Waals surface area contributed by atoms with Crippen LogP contribution in [0.1, 0.15) is 110 Å². The number of hydrogen-bond donors (Lipinski definition) is 3. The van der Waals surface area contributed by atoms with Gasteiger partial charge in [-0.15, -0.1) is 0 Å². The van der Waals surface area contributed by atoms with Gasteiger partial charge >= 0.3 is 6.09 Å². The fraction of sp³-hybridized carbons (Fsp3) is 0.674. The Balaban J connectivity index is 0.000000734. The molecule has 4 N–H and O–H groups in total. The minimum atomic E-state index is -3.93. The first kappa shape index (κ1) is 47.8. The fourth-order valence-corrected chi connectivity index (χ4v) is 9.85. The van der Waals surface area contributed by atoms with Gasteiger partial charge in [0, 0.05) is 46.9 Å². The Morgan fingerprint density at radius 2 is 1.76 bits per heavy atom. The molecule has 2 saturated heterocycles. The highest BCUT2D eigenvalue weighted by atomic mass is 32.2. The second-order valence-corrected chi connectivity index (χ2v) is 20.9. The first-order valence-corrected chi connectivity index (χ1v) is 24.2. The molecule has 3 aliphatic heterocycles. The number of benzene rings is 1. The van der Waals surface area contributed by atoms with Gasteiger partial charge in [0.25, 0.3) is 5.91 Å². The predicted octanol–water partition coefficient (Wildman–Crippen LogP) is 6.35. The van der Waals surface area contributed by atoms with Crippen LogP contribution in [0, 0.1) is 23.2 Å². The molecule has 0 bridgehead atoms. The van der Waals surface area contributed by atoms with Crippen LogP contribution in [-0.2, 0) is 33.9 Å². The molecule has 17 heteroatoms. The highest BCUT2D eigenvalue weighted by Crippen LogP contribution is 2.48. The number of allylic oxidation sites excluding steroid dienone is 1. The maximum atomic E-state index is 14.3. The zero-order valence-corrected chi connectivity index (χ0v) is 38.9. The van der Waals surface area contributed by atoms with E-state index < -0.39 is 50.4 Å². The van der Waals surface area contributed by atoms with E-state index in [9.17, 15) is 27.6 Å². The van der Waals surface area contributed by atoms with Gasteiger partial charge in [0.2, 0.25) is 27.7 Å². The molecule has 5 fully saturated rings. The Labute approximate surface area is 376 Å². The van der Waals surface area contributed by atoms with E-state index in [-0.39, 0.29) is 53.2 Å². The van der Waals surface area contributed by atoms with E-state index >= 15 is 0 Å². The van der Waals surface area contributed by atoms with E-state index in [2.05, 4.69) is 40.4 Å². The summed E-state index contributed by atoms with van der Waals surface area (Å²) in [7, 11) is -2.32. The Kier molecular flexibility index (Phi) is 14.9. The van der Waals surface area contributed by atoms with Crippen molar-refractivity contribution >= 4 is 50.4 Å². The summed E-state index contributed by atoms with van der Waals surface area (Å²) < 4.78 is 49.9. The number of carbonyl (C=O) groups is 4. The number of anilines is 1. The average Bonchev–Trinajstić information content (AvgIpc) is 4.22. The topological polar surface area (TPSA) is 209 Å². The van der Waals surface area contributed by atoms with Crippen molar-refractivity contribution in [2.24, 2.45) is 28.9 Å². The standard InChI is InChI=1S/C38H51N5O8S.C6H11NO2.C2H6.3H2/c1-24-7-5-6-8-27-22-38(27,36(46)41-52(47,48)37(3)11-12-37)40-34(45)31-21-29(23-43(31)33(44)18-25(2)17-24)51-35-30-10-9-28(49-4)19-26(30)20-32(39-35)42-13-15-50-16-14-42;1-6(2-3-6)4-9-5(7)8;1-2;;;/h6,8-10,19-20,24-25,27,29,31H,5,7,11-18,21-23H2,1-4H3,(H,40,45)(H,41,46);2-4H2,1H3,(H2,7,8);1-2H3;3*1H/b8-6-;;;;;/t24-,25-,27-,29-,31+,38-;;;;;/m1...../s1. The first-order chi connectivity index (χ1) is 29.9. The highest BCUT2D eigenvalue weighted by Gasteiger charge is 2.63. The number of amides is 4. The molecule has 8 rings (SSSR count). The molecule has 4 heterocycles. The molecule has 3 saturated carbocycles. The number of ether oxygens (including phenoxy) is 4. The molecule has 1 aromatic heterocycles. The second-order valence-electron chi connectivity index (χ2n) is 18.7. The Bertz CT molecular complexity index is 2150. The van der Waals surface area contributed by atoms with Gasteiger partial charge in [-0.2, -0.15) is 4.98 Å². The SMILES string of the molecule is CC.CC1(COC(N)=O)CC1.COc1ccc2c(O[C@@H]3C[C@H]4C(=O)N[C@]5(C(=O)NS(=O)(=O)C6(C)CC6)C[C@H]5/C=C\CC[C@@H](C)C[C@@H](C)CC(=O)N4C3)nc(N3CCOCC3)cc2c1.[HH].[HH].[HH]. The maximum Gasteiger partial charge on any atom is 0.404 e. The number of carbonyl (C=O) groups excluding carboxylic acids is 4. The van der Waals surface area contributed by atoms with E-state index in [1.807, 2.05) is 50.3 Å². The summed E-state index contributed by atoms with van der Waals surface area (Å²) in [5.41, 5.74) is 3.60. The van der Waals surface area contributed by atoms with Gasteiger partial charge < -0.3 is 39.8 Å². The second kappa shape index (κ2) is 19.6. The largest absolute Gasteiger partial charge is 0.497 e. The van der Waals surface area contributed by atoms with E-state index in [1.54, 1.807) is 18.9 Å². The van der Waals surface area contributed by atoms with Crippen molar-refractivity contribution in [3.63, 3.8) is 0 Å². The van der Waals surface area contributed by atoms with E-state index in [0.717, 1.165) is 48.7 Å². The summed E-state index contributed by atoms with van der Waals surface area (Å²) in [5, 5.41) is 4.61. The van der Waals surface area contributed by atoms with Gasteiger partial charge in [-0.25, -0.2) is 13.2 Å². The summed E-state index contributed by atoms with van der Waals surface area (Å²) >= 11 is 0. The number of fused-ring (bicyclic) bond motifs is 3. The quantitative estimate of drug-likeness (QED) is 0.235. The fourth-order valence-electron chi connectivity index (χ4n) is 8.54. The number of nitrogens with two attached hydrogens (primary N) is 1. The molecule has 354 valence electrons. The summed E-state index contributed by atoms with van der Waals surface area (Å²) in [5.74, 6) is 0.545. The molecule has 1 aromatic carbocycles. The molecule has 4 amide bonds. The molecular formula is C46H74N6O10S. The van der Waals surface area contributed by atoms with Gasteiger partial charge in [0.05, 0.1) is 38.2 Å². The number of pyridine rings is 1. The van der Waals surface area contributed by atoms with Crippen LogP contribution in [0.5, 0.6) is 11.6 Å². The Morgan fingerprint density at radius 3 is 2.41 bits per heavy atom. The normalized spacial score (nSPS) is 29.0. The number of nitrogens with one attached hydrogen (secondary N) is 2. The first-order valence-electron chi connectivity index (χ1n) is 22.7. The van der Waals surface area contributed by atoms with Gasteiger partial charge in [0.1, 0.15) is 29.3 Å². The number of methoxy groups -OCH3 is 1. The number of morpholine rings is 1. The average molecular weight is 903 g/mol. The lowest BCUT2D eigenvalue weighted by atomic mass is 9.91. The minimum absolute atomic E-state index is 0. The van der Waals surface area contributed by atoms with Gasteiger partial charge in [0.15, 0.2) is 0 Å². The third-order valence-corrected chi connectivity index (χ3v) is 15.4. The summed E-state index contributed by atoms with van der Waals surface area (Å²) in [6.07, 6.45) is 9.27. The van der Waals surface area contributed by atoms with Crippen LogP contribution in [-0.4, -0.2) is 111 Å². The van der Waals surface area contributed by atoms with Crippen LogP contribution in [0.25, 0.3) is 10.8 Å². The lowest BCUT2D eigenvalue weighted by Gasteiger charge is -2.28. The molecule has 0 radical (unpaired) electrons. The molecule has 0 spiro atoms. The third kappa shape index (κ3) is 11.6. The number of rotatable bonds is 9. The monoisotopic (exact) mass is 903 g/mol. The number of aromatic nitrogens is 1. The molecule has 16 nitrogen and oxygen atoms in total. The summed E-state index contributed by atoms with van der Waals surface area (Å²) in [6.45, 7) is 15.1. The van der Waals surface area contributed by atoms with Crippen molar-refractivity contribution in [3.8, 4) is 11.6 Å². The lowest BCUT2D eigenvalue weighted by Crippen LogP contribution is -2.57. The molecule has 3 aliphatic carbocycles. The van der Waals surface area contributed by atoms with Crippen molar-refractivity contribution in [3.05, 3.63) is 36.4 Å². The van der Waals surface area contributed by atoms with E-state index in [0.29, 0.717) is 63.3 Å². The van der Waals surface area contributed by atoms with E-state index in [4.69, 9.17) is 24.9 Å². The van der Waals surface area contributed by atoms with Crippen LogP contribution < -0.4 is 30.1 Å². The smallest absolute Gasteiger partial charge is 0.404 e. The Morgan fingerprint density at radius 1 is 1.05 bits per heavy atom. The molecule has 63 heavy (non-hydrogen) atoms. The van der Waals surface area contributed by atoms with Crippen LogP contribution in [0.3, 0.4) is 0 Å². The van der Waals surface area contributed by atoms with Crippen LogP contribution in [0.15, 0.2) is 36.4 Å². The van der Waals surface area contributed by atoms with Gasteiger partial charge in [-0.1, -0.05) is 46.8 Å². The number of sulfonamides is 1. The predicted molar refractivity (Wildman–Crippen MR) is 246 cm³/mol. The third-order valence-electron chi connectivity index (χ3n) is 13.3. The molecule has 0 unspecified atom stereocenters. The van der Waals surface area contributed by atoms with Crippen molar-refractivity contribution in [1.29, 1.82) is 0 Å². The van der Waals surface area contributed by atoms with Gasteiger partial charge in [-0.3, -0.25) is 19.1 Å². The maximum absolute atomic E-state index is 14.3. The van der Waals surface area contributed by atoms with Crippen LogP contribution in [0.2, 0.25) is 0 Å². The zero-order valence-electron chi connectivity index (χ0n) is 38.1. The van der Waals surface area contributed by atoms with Crippen molar-refractivity contribution < 1.29 is 50.8 Å². The Hall–Kier alpha value is -4.64. The van der Waals surface area contributed by atoms with Crippen LogP contribution >= 0.6 is 0 Å². The molecular weight excluding hydrogens is 829 g/mol.